The van der Waals surface area contributed by atoms with Crippen LogP contribution in [0.15, 0.2) is 34.6 Å². The number of ether oxygens (including phenoxy) is 2. The van der Waals surface area contributed by atoms with E-state index in [2.05, 4.69) is 14.5 Å². The van der Waals surface area contributed by atoms with E-state index in [9.17, 15) is 4.79 Å². The number of nitrogens with two attached hydrogens (primary N) is 1. The van der Waals surface area contributed by atoms with Crippen molar-refractivity contribution in [2.45, 2.75) is 42.8 Å². The molecule has 1 amide bonds. The van der Waals surface area contributed by atoms with Gasteiger partial charge in [-0.15, -0.1) is 0 Å². The standard InChI is InChI=1S/C22H28N6O3S/c1-14(29)27-9-6-15(7-10-27)8-11-28-21-19(20(23)24-13-25-21)26-22(28)32-18-12-16(30-2)4-5-17(18)31-3/h4-5,12-13,15H,6-11H2,1-3H3,(H2,23,24,25). The number of carbonyl (C=O) groups is 1. The molecule has 1 aromatic carbocycles. The second-order valence-electron chi connectivity index (χ2n) is 7.83. The van der Waals surface area contributed by atoms with E-state index in [0.717, 1.165) is 66.1 Å². The second kappa shape index (κ2) is 9.64. The van der Waals surface area contributed by atoms with E-state index in [0.29, 0.717) is 17.3 Å². The number of carbonyl (C=O) groups excluding carboxylic acids is 1. The lowest BCUT2D eigenvalue weighted by molar-refractivity contribution is -0.130. The van der Waals surface area contributed by atoms with Crippen LogP contribution in [-0.4, -0.2) is 57.6 Å². The summed E-state index contributed by atoms with van der Waals surface area (Å²) in [7, 11) is 3.28. The lowest BCUT2D eigenvalue weighted by Crippen LogP contribution is -2.37. The Morgan fingerprint density at radius 2 is 2.00 bits per heavy atom. The van der Waals surface area contributed by atoms with Gasteiger partial charge in [-0.3, -0.25) is 4.79 Å². The molecule has 2 N–H and O–H groups in total. The summed E-state index contributed by atoms with van der Waals surface area (Å²) in [6.45, 7) is 4.04. The summed E-state index contributed by atoms with van der Waals surface area (Å²) in [4.78, 5) is 27.8. The lowest BCUT2D eigenvalue weighted by atomic mass is 9.93. The predicted octanol–water partition coefficient (Wildman–Crippen LogP) is 3.23. The number of hydrogen-bond donors (Lipinski definition) is 1. The molecule has 2 aromatic heterocycles. The second-order valence-corrected chi connectivity index (χ2v) is 8.84. The summed E-state index contributed by atoms with van der Waals surface area (Å²) < 4.78 is 13.0. The Hall–Kier alpha value is -3.01. The maximum Gasteiger partial charge on any atom is 0.219 e. The highest BCUT2D eigenvalue weighted by atomic mass is 32.2. The number of nitrogens with zero attached hydrogens (tertiary/aromatic N) is 5. The average Bonchev–Trinajstić information content (AvgIpc) is 3.16. The van der Waals surface area contributed by atoms with Crippen LogP contribution < -0.4 is 15.2 Å². The number of amides is 1. The van der Waals surface area contributed by atoms with Crippen LogP contribution in [0.1, 0.15) is 26.2 Å². The summed E-state index contributed by atoms with van der Waals surface area (Å²) in [5, 5.41) is 0.778. The van der Waals surface area contributed by atoms with Gasteiger partial charge in [0.05, 0.1) is 19.1 Å². The van der Waals surface area contributed by atoms with Crippen LogP contribution >= 0.6 is 11.8 Å². The number of hydrogen-bond acceptors (Lipinski definition) is 8. The highest BCUT2D eigenvalue weighted by Crippen LogP contribution is 2.38. The van der Waals surface area contributed by atoms with Crippen LogP contribution in [0.3, 0.4) is 0 Å². The number of aryl methyl sites for hydroxylation is 1. The zero-order chi connectivity index (χ0) is 22.7. The molecule has 170 valence electrons. The van der Waals surface area contributed by atoms with E-state index in [-0.39, 0.29) is 5.91 Å². The monoisotopic (exact) mass is 456 g/mol. The van der Waals surface area contributed by atoms with E-state index in [1.807, 2.05) is 23.1 Å². The largest absolute Gasteiger partial charge is 0.497 e. The van der Waals surface area contributed by atoms with Crippen molar-refractivity contribution < 1.29 is 14.3 Å². The molecular formula is C22H28N6O3S. The van der Waals surface area contributed by atoms with Gasteiger partial charge < -0.3 is 24.7 Å². The minimum absolute atomic E-state index is 0.155. The first kappa shape index (κ1) is 22.2. The quantitative estimate of drug-likeness (QED) is 0.577. The van der Waals surface area contributed by atoms with Gasteiger partial charge in [0.15, 0.2) is 22.1 Å². The summed E-state index contributed by atoms with van der Waals surface area (Å²) >= 11 is 1.49. The van der Waals surface area contributed by atoms with Gasteiger partial charge in [0, 0.05) is 26.6 Å². The minimum atomic E-state index is 0.155. The molecule has 0 spiro atoms. The topological polar surface area (TPSA) is 108 Å². The van der Waals surface area contributed by atoms with Gasteiger partial charge in [0.2, 0.25) is 5.91 Å². The molecule has 1 aliphatic heterocycles. The SMILES string of the molecule is COc1ccc(OC)c(Sc2nc3c(N)ncnc3n2CCC2CCN(C(C)=O)CC2)c1. The molecule has 0 saturated carbocycles. The molecule has 3 aromatic rings. The Labute approximate surface area is 191 Å². The molecule has 10 heteroatoms. The summed E-state index contributed by atoms with van der Waals surface area (Å²) in [6.07, 6.45) is 4.47. The van der Waals surface area contributed by atoms with E-state index < -0.39 is 0 Å². The molecule has 32 heavy (non-hydrogen) atoms. The van der Waals surface area contributed by atoms with Gasteiger partial charge >= 0.3 is 0 Å². The molecule has 1 saturated heterocycles. The molecule has 0 aliphatic carbocycles. The van der Waals surface area contributed by atoms with Crippen molar-refractivity contribution in [3.63, 3.8) is 0 Å². The average molecular weight is 457 g/mol. The van der Waals surface area contributed by atoms with Crippen molar-refractivity contribution in [3.05, 3.63) is 24.5 Å². The fourth-order valence-corrected chi connectivity index (χ4v) is 5.07. The van der Waals surface area contributed by atoms with Crippen LogP contribution in [0, 0.1) is 5.92 Å². The van der Waals surface area contributed by atoms with Gasteiger partial charge in [-0.2, -0.15) is 0 Å². The van der Waals surface area contributed by atoms with E-state index in [1.54, 1.807) is 21.1 Å². The number of benzene rings is 1. The molecule has 9 nitrogen and oxygen atoms in total. The molecular weight excluding hydrogens is 428 g/mol. The third-order valence-electron chi connectivity index (χ3n) is 5.92. The zero-order valence-electron chi connectivity index (χ0n) is 18.6. The van der Waals surface area contributed by atoms with E-state index in [1.165, 1.54) is 18.1 Å². The summed E-state index contributed by atoms with van der Waals surface area (Å²) in [5.41, 5.74) is 7.42. The molecule has 1 fully saturated rings. The fourth-order valence-electron chi connectivity index (χ4n) is 4.02. The van der Waals surface area contributed by atoms with Gasteiger partial charge in [0.25, 0.3) is 0 Å². The summed E-state index contributed by atoms with van der Waals surface area (Å²) in [5.74, 6) is 2.55. The van der Waals surface area contributed by atoms with Crippen molar-refractivity contribution in [2.75, 3.05) is 33.0 Å². The molecule has 0 atom stereocenters. The number of imidazole rings is 1. The maximum atomic E-state index is 11.6. The normalized spacial score (nSPS) is 14.7. The summed E-state index contributed by atoms with van der Waals surface area (Å²) in [6, 6.07) is 5.67. The molecule has 0 unspecified atom stereocenters. The van der Waals surface area contributed by atoms with Crippen LogP contribution in [0.2, 0.25) is 0 Å². The molecule has 3 heterocycles. The van der Waals surface area contributed by atoms with Crippen LogP contribution in [0.5, 0.6) is 11.5 Å². The number of fused-ring (bicyclic) bond motifs is 1. The molecule has 0 bridgehead atoms. The van der Waals surface area contributed by atoms with Gasteiger partial charge in [-0.05, 0) is 55.1 Å². The zero-order valence-corrected chi connectivity index (χ0v) is 19.4. The Bertz CT molecular complexity index is 1110. The highest BCUT2D eigenvalue weighted by Gasteiger charge is 2.23. The van der Waals surface area contributed by atoms with Gasteiger partial charge in [-0.25, -0.2) is 15.0 Å². The van der Waals surface area contributed by atoms with Gasteiger partial charge in [-0.1, -0.05) is 0 Å². The number of aromatic nitrogens is 4. The van der Waals surface area contributed by atoms with E-state index >= 15 is 0 Å². The van der Waals surface area contributed by atoms with Crippen molar-refractivity contribution >= 4 is 34.7 Å². The Morgan fingerprint density at radius 1 is 1.22 bits per heavy atom. The number of piperidine rings is 1. The molecule has 1 aliphatic rings. The first-order chi connectivity index (χ1) is 15.5. The van der Waals surface area contributed by atoms with Crippen molar-refractivity contribution in [1.82, 2.24) is 24.4 Å². The Morgan fingerprint density at radius 3 is 2.69 bits per heavy atom. The fraction of sp³-hybridized carbons (Fsp3) is 0.455. The Kier molecular flexibility index (Phi) is 6.69. The number of nitrogen functional groups attached to an aromatic ring is 1. The van der Waals surface area contributed by atoms with Crippen LogP contribution in [-0.2, 0) is 11.3 Å². The minimum Gasteiger partial charge on any atom is -0.497 e. The number of rotatable bonds is 7. The van der Waals surface area contributed by atoms with Crippen LogP contribution in [0.4, 0.5) is 5.82 Å². The highest BCUT2D eigenvalue weighted by molar-refractivity contribution is 7.99. The molecule has 0 radical (unpaired) electrons. The third-order valence-corrected chi connectivity index (χ3v) is 6.95. The number of methoxy groups -OCH3 is 2. The van der Waals surface area contributed by atoms with Gasteiger partial charge in [0.1, 0.15) is 17.8 Å². The first-order valence-corrected chi connectivity index (χ1v) is 11.4. The number of likely N-dealkylation sites (tertiary alicyclic amines) is 1. The van der Waals surface area contributed by atoms with Crippen molar-refractivity contribution in [3.8, 4) is 11.5 Å². The van der Waals surface area contributed by atoms with Crippen molar-refractivity contribution in [1.29, 1.82) is 0 Å². The smallest absolute Gasteiger partial charge is 0.219 e. The Balaban J connectivity index is 1.60. The predicted molar refractivity (Wildman–Crippen MR) is 123 cm³/mol. The third kappa shape index (κ3) is 4.59. The first-order valence-electron chi connectivity index (χ1n) is 10.6. The van der Waals surface area contributed by atoms with Crippen molar-refractivity contribution in [2.24, 2.45) is 5.92 Å². The maximum absolute atomic E-state index is 11.6. The number of anilines is 1. The van der Waals surface area contributed by atoms with E-state index in [4.69, 9.17) is 20.2 Å². The molecule has 4 rings (SSSR count). The van der Waals surface area contributed by atoms with Crippen LogP contribution in [0.25, 0.3) is 11.2 Å². The lowest BCUT2D eigenvalue weighted by Gasteiger charge is -2.31.